The van der Waals surface area contributed by atoms with E-state index in [1.54, 1.807) is 6.07 Å². The number of aromatic amines is 1. The van der Waals surface area contributed by atoms with Crippen molar-refractivity contribution in [2.45, 2.75) is 10.1 Å². The van der Waals surface area contributed by atoms with Crippen LogP contribution in [0.5, 0.6) is 0 Å². The molecule has 0 spiro atoms. The fourth-order valence-corrected chi connectivity index (χ4v) is 4.30. The van der Waals surface area contributed by atoms with Gasteiger partial charge in [0.25, 0.3) is 5.56 Å². The molecule has 2 aromatic carbocycles. The highest BCUT2D eigenvalue weighted by Crippen LogP contribution is 2.27. The van der Waals surface area contributed by atoms with E-state index >= 15 is 0 Å². The fraction of sp³-hybridized carbons (Fsp3) is 0.0556. The zero-order valence-corrected chi connectivity index (χ0v) is 17.4. The van der Waals surface area contributed by atoms with E-state index in [9.17, 15) is 14.0 Å². The van der Waals surface area contributed by atoms with Gasteiger partial charge in [-0.25, -0.2) is 14.2 Å². The van der Waals surface area contributed by atoms with Crippen molar-refractivity contribution < 1.29 is 9.18 Å². The number of thioether (sulfide) groups is 1. The van der Waals surface area contributed by atoms with Crippen LogP contribution in [0, 0.1) is 5.82 Å². The maximum Gasteiger partial charge on any atom is 0.325 e. The lowest BCUT2D eigenvalue weighted by Crippen LogP contribution is -2.19. The lowest BCUT2D eigenvalue weighted by molar-refractivity contribution is 0.262. The third-order valence-corrected chi connectivity index (χ3v) is 6.08. The number of fused-ring (bicyclic) bond motifs is 1. The van der Waals surface area contributed by atoms with Crippen LogP contribution in [0.2, 0.25) is 5.02 Å². The number of halogens is 2. The van der Waals surface area contributed by atoms with Gasteiger partial charge in [-0.05, 0) is 30.3 Å². The van der Waals surface area contributed by atoms with Gasteiger partial charge in [0.15, 0.2) is 4.34 Å². The van der Waals surface area contributed by atoms with Crippen LogP contribution < -0.4 is 16.2 Å². The first-order chi connectivity index (χ1) is 14.5. The third-order valence-electron chi connectivity index (χ3n) is 3.81. The van der Waals surface area contributed by atoms with Crippen LogP contribution in [0.4, 0.5) is 20.0 Å². The predicted molar refractivity (Wildman–Crippen MR) is 116 cm³/mol. The minimum Gasteiger partial charge on any atom is -0.319 e. The number of nitrogens with one attached hydrogen (secondary N) is 3. The number of H-pyrrole nitrogens is 1. The van der Waals surface area contributed by atoms with Crippen LogP contribution in [-0.4, -0.2) is 26.2 Å². The number of carbonyl (C=O) groups is 1. The molecule has 0 aliphatic heterocycles. The number of benzene rings is 2. The molecule has 2 aromatic heterocycles. The molecule has 2 heterocycles. The standard InChI is InChI=1S/C18H12ClFN6O2S2/c19-10-7-9(5-6-11(10)20)21-16(28)24-17-25-26-18(30-17)29-8-14-15(27)23-13-4-2-1-3-12(13)22-14/h1-7H,8H2,(H,23,27)(H2,21,24,25,28). The summed E-state index contributed by atoms with van der Waals surface area (Å²) in [5.41, 5.74) is 1.81. The van der Waals surface area contributed by atoms with Gasteiger partial charge in [0, 0.05) is 11.4 Å². The van der Waals surface area contributed by atoms with Crippen molar-refractivity contribution in [3.63, 3.8) is 0 Å². The molecule has 0 aliphatic carbocycles. The first-order valence-electron chi connectivity index (χ1n) is 8.45. The molecule has 0 saturated carbocycles. The van der Waals surface area contributed by atoms with Crippen molar-refractivity contribution in [2.24, 2.45) is 0 Å². The van der Waals surface area contributed by atoms with Gasteiger partial charge in [-0.15, -0.1) is 10.2 Å². The summed E-state index contributed by atoms with van der Waals surface area (Å²) in [4.78, 5) is 31.4. The number of hydrogen-bond donors (Lipinski definition) is 3. The number of rotatable bonds is 5. The van der Waals surface area contributed by atoms with Crippen molar-refractivity contribution in [1.29, 1.82) is 0 Å². The Morgan fingerprint density at radius 1 is 1.20 bits per heavy atom. The highest BCUT2D eigenvalue weighted by atomic mass is 35.5. The van der Waals surface area contributed by atoms with Crippen molar-refractivity contribution in [2.75, 3.05) is 10.6 Å². The van der Waals surface area contributed by atoms with Gasteiger partial charge in [-0.3, -0.25) is 10.1 Å². The lowest BCUT2D eigenvalue weighted by atomic mass is 10.3. The molecule has 0 bridgehead atoms. The number of para-hydroxylation sites is 2. The highest BCUT2D eigenvalue weighted by Gasteiger charge is 2.12. The van der Waals surface area contributed by atoms with E-state index < -0.39 is 11.8 Å². The minimum atomic E-state index is -0.576. The minimum absolute atomic E-state index is 0.0975. The quantitative estimate of drug-likeness (QED) is 0.297. The first-order valence-corrected chi connectivity index (χ1v) is 10.6. The summed E-state index contributed by atoms with van der Waals surface area (Å²) in [6.45, 7) is 0. The largest absolute Gasteiger partial charge is 0.325 e. The number of amides is 2. The Balaban J connectivity index is 1.37. The normalized spacial score (nSPS) is 10.9. The summed E-state index contributed by atoms with van der Waals surface area (Å²) < 4.78 is 13.7. The number of nitrogens with zero attached hydrogens (tertiary/aromatic N) is 3. The zero-order valence-electron chi connectivity index (χ0n) is 15.0. The van der Waals surface area contributed by atoms with Gasteiger partial charge >= 0.3 is 6.03 Å². The molecule has 3 N–H and O–H groups in total. The Morgan fingerprint density at radius 2 is 2.03 bits per heavy atom. The Labute approximate surface area is 181 Å². The van der Waals surface area contributed by atoms with Crippen LogP contribution in [-0.2, 0) is 5.75 Å². The van der Waals surface area contributed by atoms with Gasteiger partial charge in [0.2, 0.25) is 5.13 Å². The zero-order chi connectivity index (χ0) is 21.1. The average Bonchev–Trinajstić information content (AvgIpc) is 3.16. The first kappa shape index (κ1) is 20.3. The lowest BCUT2D eigenvalue weighted by Gasteiger charge is -2.05. The number of carbonyl (C=O) groups excluding carboxylic acids is 1. The molecule has 2 amide bonds. The molecule has 12 heteroatoms. The summed E-state index contributed by atoms with van der Waals surface area (Å²) in [5, 5.41) is 13.1. The maximum absolute atomic E-state index is 13.2. The Bertz CT molecular complexity index is 1300. The molecular formula is C18H12ClFN6O2S2. The molecular weight excluding hydrogens is 451 g/mol. The third kappa shape index (κ3) is 4.75. The average molecular weight is 463 g/mol. The Hall–Kier alpha value is -3.02. The van der Waals surface area contributed by atoms with Gasteiger partial charge in [-0.1, -0.05) is 46.8 Å². The molecule has 4 rings (SSSR count). The topological polar surface area (TPSA) is 113 Å². The Morgan fingerprint density at radius 3 is 2.87 bits per heavy atom. The summed E-state index contributed by atoms with van der Waals surface area (Å²) >= 11 is 8.12. The molecule has 0 saturated heterocycles. The second-order valence-corrected chi connectivity index (χ2v) is 8.51. The van der Waals surface area contributed by atoms with E-state index in [-0.39, 0.29) is 15.7 Å². The van der Waals surface area contributed by atoms with Crippen molar-refractivity contribution in [3.8, 4) is 0 Å². The predicted octanol–water partition coefficient (Wildman–Crippen LogP) is 4.50. The molecule has 30 heavy (non-hydrogen) atoms. The van der Waals surface area contributed by atoms with Crippen LogP contribution in [0.1, 0.15) is 5.69 Å². The molecule has 4 aromatic rings. The molecule has 0 radical (unpaired) electrons. The van der Waals surface area contributed by atoms with E-state index in [1.165, 1.54) is 23.9 Å². The van der Waals surface area contributed by atoms with E-state index in [4.69, 9.17) is 11.6 Å². The summed E-state index contributed by atoms with van der Waals surface area (Å²) in [6.07, 6.45) is 0. The molecule has 152 valence electrons. The number of anilines is 2. The highest BCUT2D eigenvalue weighted by molar-refractivity contribution is 8.00. The molecule has 0 fully saturated rings. The SMILES string of the molecule is O=C(Nc1ccc(F)c(Cl)c1)Nc1nnc(SCc2nc3ccccc3[nH]c2=O)s1. The smallest absolute Gasteiger partial charge is 0.319 e. The molecule has 0 aliphatic rings. The second kappa shape index (κ2) is 8.78. The van der Waals surface area contributed by atoms with Crippen molar-refractivity contribution in [3.05, 3.63) is 69.4 Å². The van der Waals surface area contributed by atoms with E-state index in [2.05, 4.69) is 30.8 Å². The van der Waals surface area contributed by atoms with Crippen LogP contribution >= 0.6 is 34.7 Å². The molecule has 8 nitrogen and oxygen atoms in total. The number of urea groups is 1. The fourth-order valence-electron chi connectivity index (χ4n) is 2.45. The number of aromatic nitrogens is 4. The van der Waals surface area contributed by atoms with Crippen LogP contribution in [0.3, 0.4) is 0 Å². The monoisotopic (exact) mass is 462 g/mol. The maximum atomic E-state index is 13.2. The van der Waals surface area contributed by atoms with E-state index in [0.29, 0.717) is 32.5 Å². The van der Waals surface area contributed by atoms with Crippen molar-refractivity contribution >= 4 is 62.6 Å². The van der Waals surface area contributed by atoms with Gasteiger partial charge in [0.05, 0.1) is 16.1 Å². The second-order valence-electron chi connectivity index (χ2n) is 5.90. The molecule has 0 unspecified atom stereocenters. The molecule has 0 atom stereocenters. The van der Waals surface area contributed by atoms with E-state index in [1.807, 2.05) is 18.2 Å². The summed E-state index contributed by atoms with van der Waals surface area (Å²) in [5.74, 6) is -0.275. The van der Waals surface area contributed by atoms with E-state index in [0.717, 1.165) is 17.4 Å². The number of hydrogen-bond acceptors (Lipinski definition) is 7. The van der Waals surface area contributed by atoms with Gasteiger partial charge in [-0.2, -0.15) is 0 Å². The van der Waals surface area contributed by atoms with Crippen molar-refractivity contribution in [1.82, 2.24) is 20.2 Å². The van der Waals surface area contributed by atoms with Gasteiger partial charge < -0.3 is 10.3 Å². The van der Waals surface area contributed by atoms with Crippen LogP contribution in [0.25, 0.3) is 11.0 Å². The summed E-state index contributed by atoms with van der Waals surface area (Å²) in [7, 11) is 0. The van der Waals surface area contributed by atoms with Crippen LogP contribution in [0.15, 0.2) is 51.6 Å². The Kier molecular flexibility index (Phi) is 5.93. The van der Waals surface area contributed by atoms with Gasteiger partial charge in [0.1, 0.15) is 11.5 Å². The summed E-state index contributed by atoms with van der Waals surface area (Å²) in [6, 6.07) is 10.5.